The molecule has 0 saturated carbocycles. The van der Waals surface area contributed by atoms with Crippen molar-refractivity contribution in [1.82, 2.24) is 26.6 Å². The molecule has 0 heterocycles. The topological polar surface area (TPSA) is 199 Å². The molecule has 3 rings (SSSR count). The van der Waals surface area contributed by atoms with E-state index in [0.29, 0.717) is 12.8 Å². The summed E-state index contributed by atoms with van der Waals surface area (Å²) in [5.41, 5.74) is 8.11. The van der Waals surface area contributed by atoms with Gasteiger partial charge in [-0.3, -0.25) is 9.59 Å². The molecular formula is C36H46N6O8. The van der Waals surface area contributed by atoms with Gasteiger partial charge in [-0.2, -0.15) is 0 Å². The maximum absolute atomic E-state index is 13.4. The number of benzene rings is 3. The molecular weight excluding hydrogens is 644 g/mol. The van der Waals surface area contributed by atoms with Crippen molar-refractivity contribution in [3.63, 3.8) is 0 Å². The minimum atomic E-state index is -1.03. The van der Waals surface area contributed by atoms with E-state index in [0.717, 1.165) is 16.7 Å². The summed E-state index contributed by atoms with van der Waals surface area (Å²) in [6.45, 7) is 0.785. The van der Waals surface area contributed by atoms with Crippen molar-refractivity contribution in [2.45, 2.75) is 57.6 Å². The van der Waals surface area contributed by atoms with Crippen molar-refractivity contribution in [3.05, 3.63) is 108 Å². The van der Waals surface area contributed by atoms with Crippen molar-refractivity contribution >= 4 is 30.1 Å². The standard InChI is InChI=1S/C36H46N6O8/c37-20-10-18-31(42-36(47)50-26-29-16-8-3-9-17-29)33(44)41-30(19-11-21-39-34(45)48-24-27-12-4-1-5-13-27)32(43)38-22-23-40-35(46)49-25-28-14-6-2-7-15-28/h1-9,12-17,30-31H,10-11,18-26,37H2,(H,38,43)(H,39,45)(H,40,46)(H,41,44)(H,42,47). The number of carbonyl (C=O) groups excluding carboxylic acids is 5. The Bertz CT molecular complexity index is 1460. The van der Waals surface area contributed by atoms with Crippen LogP contribution in [-0.2, 0) is 43.6 Å². The van der Waals surface area contributed by atoms with Gasteiger partial charge in [0.1, 0.15) is 31.9 Å². The van der Waals surface area contributed by atoms with Crippen LogP contribution in [0, 0.1) is 0 Å². The number of hydrogen-bond donors (Lipinski definition) is 6. The normalized spacial score (nSPS) is 11.6. The van der Waals surface area contributed by atoms with Crippen molar-refractivity contribution < 1.29 is 38.2 Å². The number of alkyl carbamates (subject to hydrolysis) is 3. The number of amides is 5. The predicted octanol–water partition coefficient (Wildman–Crippen LogP) is 3.25. The first-order valence-corrected chi connectivity index (χ1v) is 16.5. The van der Waals surface area contributed by atoms with Gasteiger partial charge in [0, 0.05) is 19.6 Å². The molecule has 0 fully saturated rings. The number of rotatable bonds is 20. The summed E-state index contributed by atoms with van der Waals surface area (Å²) in [7, 11) is 0. The first kappa shape index (κ1) is 38.8. The van der Waals surface area contributed by atoms with Crippen molar-refractivity contribution in [3.8, 4) is 0 Å². The molecule has 0 aliphatic heterocycles. The van der Waals surface area contributed by atoms with E-state index < -0.39 is 42.2 Å². The molecule has 2 atom stereocenters. The Morgan fingerprint density at radius 3 is 1.42 bits per heavy atom. The Morgan fingerprint density at radius 2 is 0.920 bits per heavy atom. The molecule has 0 aliphatic carbocycles. The molecule has 0 saturated heterocycles. The van der Waals surface area contributed by atoms with Gasteiger partial charge in [-0.15, -0.1) is 0 Å². The largest absolute Gasteiger partial charge is 0.445 e. The van der Waals surface area contributed by atoms with E-state index in [9.17, 15) is 24.0 Å². The highest BCUT2D eigenvalue weighted by Crippen LogP contribution is 2.06. The molecule has 50 heavy (non-hydrogen) atoms. The molecule has 5 amide bonds. The third-order valence-electron chi connectivity index (χ3n) is 7.21. The van der Waals surface area contributed by atoms with E-state index in [2.05, 4.69) is 26.6 Å². The molecule has 14 heteroatoms. The van der Waals surface area contributed by atoms with Gasteiger partial charge in [-0.25, -0.2) is 14.4 Å². The average molecular weight is 691 g/mol. The van der Waals surface area contributed by atoms with Crippen molar-refractivity contribution in [2.75, 3.05) is 26.2 Å². The molecule has 0 bridgehead atoms. The molecule has 7 N–H and O–H groups in total. The average Bonchev–Trinajstić information content (AvgIpc) is 3.14. The zero-order valence-corrected chi connectivity index (χ0v) is 27.9. The fourth-order valence-corrected chi connectivity index (χ4v) is 4.56. The smallest absolute Gasteiger partial charge is 0.408 e. The molecule has 268 valence electrons. The number of hydrogen-bond acceptors (Lipinski definition) is 9. The van der Waals surface area contributed by atoms with Crippen LogP contribution >= 0.6 is 0 Å². The van der Waals surface area contributed by atoms with Crippen LogP contribution in [0.3, 0.4) is 0 Å². The second kappa shape index (κ2) is 22.9. The summed E-state index contributed by atoms with van der Waals surface area (Å²) in [6, 6.07) is 25.4. The third-order valence-corrected chi connectivity index (χ3v) is 7.21. The SMILES string of the molecule is NCCCC(NC(=O)OCc1ccccc1)C(=O)NC(CCCNC(=O)OCc1ccccc1)C(=O)NCCNC(=O)OCc1ccccc1. The Kier molecular flexibility index (Phi) is 17.7. The van der Waals surface area contributed by atoms with E-state index in [4.69, 9.17) is 19.9 Å². The van der Waals surface area contributed by atoms with Crippen LogP contribution in [0.15, 0.2) is 91.0 Å². The van der Waals surface area contributed by atoms with Gasteiger partial charge in [-0.1, -0.05) is 91.0 Å². The summed E-state index contributed by atoms with van der Waals surface area (Å²) >= 11 is 0. The van der Waals surface area contributed by atoms with Crippen LogP contribution in [0.25, 0.3) is 0 Å². The maximum Gasteiger partial charge on any atom is 0.408 e. The molecule has 0 radical (unpaired) electrons. The van der Waals surface area contributed by atoms with Gasteiger partial charge in [-0.05, 0) is 48.9 Å². The Hall–Kier alpha value is -5.63. The summed E-state index contributed by atoms with van der Waals surface area (Å²) in [5.74, 6) is -1.12. The number of nitrogens with two attached hydrogens (primary N) is 1. The van der Waals surface area contributed by atoms with E-state index in [-0.39, 0.29) is 58.8 Å². The molecule has 3 aromatic carbocycles. The van der Waals surface area contributed by atoms with Crippen LogP contribution in [0.2, 0.25) is 0 Å². The lowest BCUT2D eigenvalue weighted by molar-refractivity contribution is -0.130. The van der Waals surface area contributed by atoms with Gasteiger partial charge < -0.3 is 46.5 Å². The lowest BCUT2D eigenvalue weighted by atomic mass is 10.1. The van der Waals surface area contributed by atoms with E-state index in [1.165, 1.54) is 0 Å². The first-order valence-electron chi connectivity index (χ1n) is 16.5. The van der Waals surface area contributed by atoms with Crippen molar-refractivity contribution in [2.24, 2.45) is 5.73 Å². The minimum absolute atomic E-state index is 0.0115. The lowest BCUT2D eigenvalue weighted by Gasteiger charge is -2.23. The third kappa shape index (κ3) is 16.0. The molecule has 3 aromatic rings. The summed E-state index contributed by atoms with van der Waals surface area (Å²) in [4.78, 5) is 63.4. The number of ether oxygens (including phenoxy) is 3. The number of carbonyl (C=O) groups is 5. The molecule has 0 spiro atoms. The van der Waals surface area contributed by atoms with Gasteiger partial charge >= 0.3 is 18.3 Å². The maximum atomic E-state index is 13.4. The van der Waals surface area contributed by atoms with E-state index >= 15 is 0 Å². The Labute approximate surface area is 291 Å². The summed E-state index contributed by atoms with van der Waals surface area (Å²) < 4.78 is 15.7. The van der Waals surface area contributed by atoms with Crippen LogP contribution < -0.4 is 32.3 Å². The fraction of sp³-hybridized carbons (Fsp3) is 0.361. The lowest BCUT2D eigenvalue weighted by Crippen LogP contribution is -2.54. The highest BCUT2D eigenvalue weighted by molar-refractivity contribution is 5.91. The second-order valence-corrected chi connectivity index (χ2v) is 11.2. The van der Waals surface area contributed by atoms with Crippen LogP contribution in [0.5, 0.6) is 0 Å². The van der Waals surface area contributed by atoms with Crippen LogP contribution in [0.1, 0.15) is 42.4 Å². The molecule has 14 nitrogen and oxygen atoms in total. The summed E-state index contributed by atoms with van der Waals surface area (Å²) in [6.07, 6.45) is -0.977. The van der Waals surface area contributed by atoms with Crippen LogP contribution in [-0.4, -0.2) is 68.4 Å². The number of nitrogens with one attached hydrogen (secondary N) is 5. The van der Waals surface area contributed by atoms with Crippen LogP contribution in [0.4, 0.5) is 14.4 Å². The Morgan fingerprint density at radius 1 is 0.500 bits per heavy atom. The highest BCUT2D eigenvalue weighted by Gasteiger charge is 2.27. The molecule has 2 unspecified atom stereocenters. The zero-order valence-electron chi connectivity index (χ0n) is 27.9. The predicted molar refractivity (Wildman–Crippen MR) is 185 cm³/mol. The summed E-state index contributed by atoms with van der Waals surface area (Å²) in [5, 5.41) is 13.2. The first-order chi connectivity index (χ1) is 24.3. The van der Waals surface area contributed by atoms with E-state index in [1.807, 2.05) is 78.9 Å². The highest BCUT2D eigenvalue weighted by atomic mass is 16.6. The van der Waals surface area contributed by atoms with Gasteiger partial charge in [0.2, 0.25) is 11.8 Å². The fourth-order valence-electron chi connectivity index (χ4n) is 4.56. The van der Waals surface area contributed by atoms with Gasteiger partial charge in [0.15, 0.2) is 0 Å². The second-order valence-electron chi connectivity index (χ2n) is 11.2. The van der Waals surface area contributed by atoms with Gasteiger partial charge in [0.25, 0.3) is 0 Å². The molecule has 0 aromatic heterocycles. The quantitative estimate of drug-likeness (QED) is 0.0761. The Balaban J connectivity index is 1.52. The minimum Gasteiger partial charge on any atom is -0.445 e. The van der Waals surface area contributed by atoms with Crippen molar-refractivity contribution in [1.29, 1.82) is 0 Å². The van der Waals surface area contributed by atoms with Gasteiger partial charge in [0.05, 0.1) is 0 Å². The zero-order chi connectivity index (χ0) is 35.8. The molecule has 0 aliphatic rings. The monoisotopic (exact) mass is 690 g/mol. The van der Waals surface area contributed by atoms with E-state index in [1.54, 1.807) is 12.1 Å².